The molecule has 5 nitrogen and oxygen atoms in total. The molecule has 1 aromatic heterocycles. The molecule has 0 bridgehead atoms. The number of benzene rings is 1. The quantitative estimate of drug-likeness (QED) is 0.907. The number of thiazole rings is 1. The van der Waals surface area contributed by atoms with E-state index in [0.29, 0.717) is 17.2 Å². The summed E-state index contributed by atoms with van der Waals surface area (Å²) in [4.78, 5) is 4.11. The summed E-state index contributed by atoms with van der Waals surface area (Å²) in [5, 5.41) is 1.85. The zero-order valence-corrected chi connectivity index (χ0v) is 11.8. The fraction of sp³-hybridized carbons (Fsp3) is 0.308. The van der Waals surface area contributed by atoms with Crippen molar-refractivity contribution in [2.45, 2.75) is 6.04 Å². The van der Waals surface area contributed by atoms with Crippen molar-refractivity contribution in [1.29, 1.82) is 0 Å². The Morgan fingerprint density at radius 1 is 1.16 bits per heavy atom. The minimum absolute atomic E-state index is 0.432. The van der Waals surface area contributed by atoms with Crippen molar-refractivity contribution in [1.82, 2.24) is 4.98 Å². The Kier molecular flexibility index (Phi) is 4.24. The minimum atomic E-state index is -0.432. The molecule has 0 saturated carbocycles. The van der Waals surface area contributed by atoms with Crippen LogP contribution in [0.15, 0.2) is 17.5 Å². The number of hydrogen-bond donors (Lipinski definition) is 1. The van der Waals surface area contributed by atoms with Gasteiger partial charge in [-0.2, -0.15) is 0 Å². The van der Waals surface area contributed by atoms with Gasteiger partial charge in [-0.1, -0.05) is 0 Å². The fourth-order valence-electron chi connectivity index (χ4n) is 1.82. The van der Waals surface area contributed by atoms with Crippen LogP contribution >= 0.6 is 11.3 Å². The normalized spacial score (nSPS) is 12.0. The van der Waals surface area contributed by atoms with Gasteiger partial charge in [0.1, 0.15) is 17.2 Å². The van der Waals surface area contributed by atoms with Crippen molar-refractivity contribution in [3.8, 4) is 17.2 Å². The molecule has 101 valence electrons. The average Bonchev–Trinajstić information content (AvgIpc) is 2.99. The summed E-state index contributed by atoms with van der Waals surface area (Å²) in [5.74, 6) is 1.86. The second kappa shape index (κ2) is 5.90. The molecule has 0 aliphatic carbocycles. The largest absolute Gasteiger partial charge is 0.496 e. The summed E-state index contributed by atoms with van der Waals surface area (Å²) in [6, 6.07) is 3.11. The SMILES string of the molecule is COc1cc(OC)c(C(N)c2cs[c]n2)c(OC)c1. The van der Waals surface area contributed by atoms with E-state index in [-0.39, 0.29) is 0 Å². The van der Waals surface area contributed by atoms with Gasteiger partial charge < -0.3 is 19.9 Å². The Labute approximate surface area is 115 Å². The number of rotatable bonds is 5. The summed E-state index contributed by atoms with van der Waals surface area (Å²) >= 11 is 1.37. The van der Waals surface area contributed by atoms with Crippen LogP contribution in [0.1, 0.15) is 17.3 Å². The second-order valence-corrected chi connectivity index (χ2v) is 4.44. The van der Waals surface area contributed by atoms with Crippen LogP contribution in [0, 0.1) is 5.51 Å². The number of nitrogens with two attached hydrogens (primary N) is 1. The standard InChI is InChI=1S/C13H15N2O3S/c1-16-8-4-10(17-2)12(11(5-8)18-3)13(14)9-6-19-7-15-9/h4-6,13H,14H2,1-3H3. The lowest BCUT2D eigenvalue weighted by Gasteiger charge is -2.18. The van der Waals surface area contributed by atoms with Crippen LogP contribution in [-0.2, 0) is 0 Å². The topological polar surface area (TPSA) is 66.6 Å². The van der Waals surface area contributed by atoms with Crippen molar-refractivity contribution in [3.63, 3.8) is 0 Å². The number of ether oxygens (including phenoxy) is 3. The van der Waals surface area contributed by atoms with E-state index < -0.39 is 6.04 Å². The Morgan fingerprint density at radius 3 is 2.21 bits per heavy atom. The van der Waals surface area contributed by atoms with Crippen molar-refractivity contribution >= 4 is 11.3 Å². The molecule has 0 aliphatic heterocycles. The first kappa shape index (κ1) is 13.6. The molecule has 2 rings (SSSR count). The highest BCUT2D eigenvalue weighted by Crippen LogP contribution is 2.39. The van der Waals surface area contributed by atoms with Gasteiger partial charge in [-0.25, -0.2) is 4.98 Å². The molecule has 1 heterocycles. The molecule has 0 aliphatic rings. The summed E-state index contributed by atoms with van der Waals surface area (Å²) < 4.78 is 16.0. The highest BCUT2D eigenvalue weighted by atomic mass is 32.1. The van der Waals surface area contributed by atoms with Gasteiger partial charge in [0.2, 0.25) is 0 Å². The third-order valence-corrected chi connectivity index (χ3v) is 3.35. The molecular formula is C13H15N2O3S. The predicted molar refractivity (Wildman–Crippen MR) is 73.1 cm³/mol. The third kappa shape index (κ3) is 2.64. The van der Waals surface area contributed by atoms with Crippen LogP contribution < -0.4 is 19.9 Å². The summed E-state index contributed by atoms with van der Waals surface area (Å²) in [5.41, 5.74) is 10.5. The maximum atomic E-state index is 6.23. The van der Waals surface area contributed by atoms with Crippen LogP contribution in [-0.4, -0.2) is 26.3 Å². The Balaban J connectivity index is 2.54. The Morgan fingerprint density at radius 2 is 1.79 bits per heavy atom. The molecule has 0 amide bonds. The average molecular weight is 279 g/mol. The van der Waals surface area contributed by atoms with E-state index in [2.05, 4.69) is 10.5 Å². The molecule has 2 aromatic rings. The molecule has 1 aromatic carbocycles. The van der Waals surface area contributed by atoms with Gasteiger partial charge in [-0.3, -0.25) is 0 Å². The molecule has 1 unspecified atom stereocenters. The Hall–Kier alpha value is -1.79. The van der Waals surface area contributed by atoms with Gasteiger partial charge in [-0.05, 0) is 0 Å². The van der Waals surface area contributed by atoms with Gasteiger partial charge in [0.05, 0.1) is 38.6 Å². The molecule has 1 radical (unpaired) electrons. The summed E-state index contributed by atoms with van der Waals surface area (Å²) in [6.07, 6.45) is 0. The summed E-state index contributed by atoms with van der Waals surface area (Å²) in [6.45, 7) is 0. The summed E-state index contributed by atoms with van der Waals surface area (Å²) in [7, 11) is 4.75. The lowest BCUT2D eigenvalue weighted by molar-refractivity contribution is 0.366. The number of nitrogens with zero attached hydrogens (tertiary/aromatic N) is 1. The van der Waals surface area contributed by atoms with Crippen LogP contribution in [0.3, 0.4) is 0 Å². The molecule has 0 saturated heterocycles. The van der Waals surface area contributed by atoms with Crippen molar-refractivity contribution < 1.29 is 14.2 Å². The highest BCUT2D eigenvalue weighted by Gasteiger charge is 2.22. The van der Waals surface area contributed by atoms with E-state index in [1.807, 2.05) is 5.38 Å². The molecule has 0 fully saturated rings. The Bertz CT molecular complexity index is 518. The van der Waals surface area contributed by atoms with Crippen LogP contribution in [0.2, 0.25) is 0 Å². The third-order valence-electron chi connectivity index (χ3n) is 2.79. The van der Waals surface area contributed by atoms with Gasteiger partial charge in [0.15, 0.2) is 5.51 Å². The molecule has 19 heavy (non-hydrogen) atoms. The van der Waals surface area contributed by atoms with Gasteiger partial charge >= 0.3 is 0 Å². The van der Waals surface area contributed by atoms with E-state index >= 15 is 0 Å². The van der Waals surface area contributed by atoms with Crippen molar-refractivity contribution in [3.05, 3.63) is 34.3 Å². The van der Waals surface area contributed by atoms with Crippen molar-refractivity contribution in [2.75, 3.05) is 21.3 Å². The maximum absolute atomic E-state index is 6.23. The van der Waals surface area contributed by atoms with Crippen LogP contribution in [0.25, 0.3) is 0 Å². The molecule has 2 N–H and O–H groups in total. The zero-order valence-electron chi connectivity index (χ0n) is 11.0. The van der Waals surface area contributed by atoms with E-state index in [1.165, 1.54) is 11.3 Å². The first-order chi connectivity index (χ1) is 9.21. The number of methoxy groups -OCH3 is 3. The predicted octanol–water partition coefficient (Wildman–Crippen LogP) is 2.02. The van der Waals surface area contributed by atoms with E-state index in [9.17, 15) is 0 Å². The second-order valence-electron chi connectivity index (χ2n) is 3.79. The van der Waals surface area contributed by atoms with E-state index in [4.69, 9.17) is 19.9 Å². The highest BCUT2D eigenvalue weighted by molar-refractivity contribution is 7.07. The van der Waals surface area contributed by atoms with E-state index in [0.717, 1.165) is 11.3 Å². The first-order valence-electron chi connectivity index (χ1n) is 5.58. The van der Waals surface area contributed by atoms with Gasteiger partial charge in [-0.15, -0.1) is 11.3 Å². The fourth-order valence-corrected chi connectivity index (χ4v) is 2.35. The number of hydrogen-bond acceptors (Lipinski definition) is 6. The lowest BCUT2D eigenvalue weighted by Crippen LogP contribution is -2.15. The number of aromatic nitrogens is 1. The minimum Gasteiger partial charge on any atom is -0.496 e. The lowest BCUT2D eigenvalue weighted by atomic mass is 10.0. The molecule has 6 heteroatoms. The smallest absolute Gasteiger partial charge is 0.152 e. The molecular weight excluding hydrogens is 264 g/mol. The van der Waals surface area contributed by atoms with Gasteiger partial charge in [0.25, 0.3) is 0 Å². The van der Waals surface area contributed by atoms with Crippen LogP contribution in [0.5, 0.6) is 17.2 Å². The van der Waals surface area contributed by atoms with E-state index in [1.54, 1.807) is 33.5 Å². The van der Waals surface area contributed by atoms with Crippen LogP contribution in [0.4, 0.5) is 0 Å². The maximum Gasteiger partial charge on any atom is 0.152 e. The molecule has 1 atom stereocenters. The van der Waals surface area contributed by atoms with Gasteiger partial charge in [0, 0.05) is 17.5 Å². The molecule has 0 spiro atoms. The first-order valence-corrected chi connectivity index (χ1v) is 6.46. The monoisotopic (exact) mass is 279 g/mol. The van der Waals surface area contributed by atoms with Crippen molar-refractivity contribution in [2.24, 2.45) is 5.73 Å². The zero-order chi connectivity index (χ0) is 13.8.